The van der Waals surface area contributed by atoms with Gasteiger partial charge < -0.3 is 4.74 Å². The first kappa shape index (κ1) is 10.7. The van der Waals surface area contributed by atoms with Crippen LogP contribution in [0.1, 0.15) is 26.2 Å². The smallest absolute Gasteiger partial charge is 0.0706 e. The van der Waals surface area contributed by atoms with Gasteiger partial charge in [0.2, 0.25) is 0 Å². The van der Waals surface area contributed by atoms with E-state index in [1.165, 1.54) is 30.3 Å². The summed E-state index contributed by atoms with van der Waals surface area (Å²) in [6, 6.07) is 0. The highest BCUT2D eigenvalue weighted by atomic mass is 79.9. The van der Waals surface area contributed by atoms with Crippen molar-refractivity contribution in [3.63, 3.8) is 0 Å². The first-order valence-electron chi connectivity index (χ1n) is 5.46. The molecule has 0 amide bonds. The lowest BCUT2D eigenvalue weighted by atomic mass is 10.2. The van der Waals surface area contributed by atoms with Gasteiger partial charge in [-0.1, -0.05) is 22.0 Å². The van der Waals surface area contributed by atoms with Crippen LogP contribution >= 0.6 is 15.9 Å². The Kier molecular flexibility index (Phi) is 3.63. The normalized spacial score (nSPS) is 34.6. The number of hydrogen-bond acceptors (Lipinski definition) is 2. The molecular weight excluding hydrogens is 242 g/mol. The van der Waals surface area contributed by atoms with E-state index in [-0.39, 0.29) is 0 Å². The Balaban J connectivity index is 1.78. The molecule has 2 atom stereocenters. The highest BCUT2D eigenvalue weighted by Gasteiger charge is 2.24. The Hall–Kier alpha value is 0.140. The molecule has 2 unspecified atom stereocenters. The van der Waals surface area contributed by atoms with Crippen LogP contribution in [0.2, 0.25) is 0 Å². The van der Waals surface area contributed by atoms with Crippen LogP contribution in [0.3, 0.4) is 0 Å². The topological polar surface area (TPSA) is 12.5 Å². The second-order valence-electron chi connectivity index (χ2n) is 4.32. The molecule has 0 radical (unpaired) electrons. The van der Waals surface area contributed by atoms with Crippen LogP contribution in [0, 0.1) is 0 Å². The maximum Gasteiger partial charge on any atom is 0.0706 e. The van der Waals surface area contributed by atoms with Crippen LogP contribution < -0.4 is 0 Å². The van der Waals surface area contributed by atoms with E-state index in [0.717, 1.165) is 13.1 Å². The van der Waals surface area contributed by atoms with Gasteiger partial charge in [-0.3, -0.25) is 4.90 Å². The van der Waals surface area contributed by atoms with Gasteiger partial charge in [0.25, 0.3) is 0 Å². The first-order chi connectivity index (χ1) is 6.74. The minimum absolute atomic E-state index is 0.475. The minimum Gasteiger partial charge on any atom is -0.374 e. The molecule has 2 heterocycles. The molecular formula is C11H18BrNO. The summed E-state index contributed by atoms with van der Waals surface area (Å²) in [4.78, 5) is 2.48. The summed E-state index contributed by atoms with van der Waals surface area (Å²) >= 11 is 3.57. The molecule has 1 fully saturated rings. The quantitative estimate of drug-likeness (QED) is 0.756. The third-order valence-corrected chi connectivity index (χ3v) is 3.54. The Morgan fingerprint density at radius 2 is 2.43 bits per heavy atom. The maximum absolute atomic E-state index is 5.82. The van der Waals surface area contributed by atoms with Gasteiger partial charge in [-0.25, -0.2) is 0 Å². The van der Waals surface area contributed by atoms with Crippen molar-refractivity contribution in [2.45, 2.75) is 38.4 Å². The molecule has 2 aliphatic heterocycles. The van der Waals surface area contributed by atoms with Crippen LogP contribution in [0.5, 0.6) is 0 Å². The minimum atomic E-state index is 0.475. The Bertz CT molecular complexity index is 229. The van der Waals surface area contributed by atoms with Gasteiger partial charge in [0, 0.05) is 24.1 Å². The van der Waals surface area contributed by atoms with Crippen molar-refractivity contribution in [2.75, 3.05) is 19.6 Å². The van der Waals surface area contributed by atoms with E-state index in [4.69, 9.17) is 4.74 Å². The fourth-order valence-electron chi connectivity index (χ4n) is 2.22. The third-order valence-electron chi connectivity index (χ3n) is 2.97. The molecule has 2 rings (SSSR count). The molecule has 0 spiro atoms. The molecule has 2 aliphatic rings. The molecule has 0 aliphatic carbocycles. The van der Waals surface area contributed by atoms with Gasteiger partial charge in [0.15, 0.2) is 0 Å². The van der Waals surface area contributed by atoms with Gasteiger partial charge in [0.1, 0.15) is 0 Å². The van der Waals surface area contributed by atoms with Gasteiger partial charge >= 0.3 is 0 Å². The fraction of sp³-hybridized carbons (Fsp3) is 0.818. The highest BCUT2D eigenvalue weighted by molar-refractivity contribution is 9.11. The SMILES string of the molecule is CC1CCC(CN2CCC=C(Br)C2)O1. The molecule has 0 N–H and O–H groups in total. The monoisotopic (exact) mass is 259 g/mol. The van der Waals surface area contributed by atoms with E-state index < -0.39 is 0 Å². The lowest BCUT2D eigenvalue weighted by Gasteiger charge is -2.27. The van der Waals surface area contributed by atoms with Crippen molar-refractivity contribution in [3.8, 4) is 0 Å². The van der Waals surface area contributed by atoms with Crippen molar-refractivity contribution in [1.29, 1.82) is 0 Å². The summed E-state index contributed by atoms with van der Waals surface area (Å²) in [6.07, 6.45) is 6.86. The standard InChI is InChI=1S/C11H18BrNO/c1-9-4-5-11(14-9)8-13-6-2-3-10(12)7-13/h3,9,11H,2,4-8H2,1H3. The molecule has 3 heteroatoms. The summed E-state index contributed by atoms with van der Waals surface area (Å²) in [6.45, 7) is 5.52. The number of nitrogens with zero attached hydrogens (tertiary/aromatic N) is 1. The number of halogens is 1. The van der Waals surface area contributed by atoms with E-state index >= 15 is 0 Å². The van der Waals surface area contributed by atoms with Gasteiger partial charge in [-0.2, -0.15) is 0 Å². The summed E-state index contributed by atoms with van der Waals surface area (Å²) in [5, 5.41) is 0. The van der Waals surface area contributed by atoms with E-state index in [1.54, 1.807) is 0 Å². The van der Waals surface area contributed by atoms with E-state index in [1.807, 2.05) is 0 Å². The van der Waals surface area contributed by atoms with Crippen molar-refractivity contribution in [2.24, 2.45) is 0 Å². The molecule has 1 saturated heterocycles. The molecule has 0 aromatic carbocycles. The van der Waals surface area contributed by atoms with Crippen LogP contribution in [0.15, 0.2) is 10.6 Å². The second kappa shape index (κ2) is 4.77. The van der Waals surface area contributed by atoms with Gasteiger partial charge in [0.05, 0.1) is 12.2 Å². The Morgan fingerprint density at radius 1 is 1.57 bits per heavy atom. The third kappa shape index (κ3) is 2.81. The number of hydrogen-bond donors (Lipinski definition) is 0. The maximum atomic E-state index is 5.82. The molecule has 14 heavy (non-hydrogen) atoms. The fourth-order valence-corrected chi connectivity index (χ4v) is 2.81. The van der Waals surface area contributed by atoms with E-state index in [0.29, 0.717) is 12.2 Å². The number of ether oxygens (including phenoxy) is 1. The van der Waals surface area contributed by atoms with Crippen molar-refractivity contribution in [1.82, 2.24) is 4.90 Å². The summed E-state index contributed by atoms with van der Waals surface area (Å²) in [5.74, 6) is 0. The average molecular weight is 260 g/mol. The molecule has 0 aromatic heterocycles. The zero-order valence-corrected chi connectivity index (χ0v) is 10.3. The van der Waals surface area contributed by atoms with Gasteiger partial charge in [-0.15, -0.1) is 0 Å². The van der Waals surface area contributed by atoms with Crippen molar-refractivity contribution >= 4 is 15.9 Å². The zero-order chi connectivity index (χ0) is 9.97. The highest BCUT2D eigenvalue weighted by Crippen LogP contribution is 2.22. The molecule has 0 bridgehead atoms. The molecule has 0 aromatic rings. The van der Waals surface area contributed by atoms with Crippen molar-refractivity contribution in [3.05, 3.63) is 10.6 Å². The molecule has 80 valence electrons. The van der Waals surface area contributed by atoms with Crippen LogP contribution in [-0.2, 0) is 4.74 Å². The van der Waals surface area contributed by atoms with Crippen LogP contribution in [-0.4, -0.2) is 36.7 Å². The summed E-state index contributed by atoms with van der Waals surface area (Å²) in [7, 11) is 0. The largest absolute Gasteiger partial charge is 0.374 e. The van der Waals surface area contributed by atoms with Gasteiger partial charge in [-0.05, 0) is 26.2 Å². The number of rotatable bonds is 2. The zero-order valence-electron chi connectivity index (χ0n) is 8.71. The van der Waals surface area contributed by atoms with E-state index in [2.05, 4.69) is 33.8 Å². The molecule has 0 saturated carbocycles. The second-order valence-corrected chi connectivity index (χ2v) is 5.34. The first-order valence-corrected chi connectivity index (χ1v) is 6.25. The lowest BCUT2D eigenvalue weighted by Crippen LogP contribution is -2.35. The van der Waals surface area contributed by atoms with Crippen LogP contribution in [0.4, 0.5) is 0 Å². The summed E-state index contributed by atoms with van der Waals surface area (Å²) < 4.78 is 7.15. The van der Waals surface area contributed by atoms with Crippen molar-refractivity contribution < 1.29 is 4.74 Å². The Labute approximate surface area is 94.4 Å². The summed E-state index contributed by atoms with van der Waals surface area (Å²) in [5.41, 5.74) is 0. The predicted molar refractivity (Wildman–Crippen MR) is 61.6 cm³/mol. The molecule has 2 nitrogen and oxygen atoms in total. The predicted octanol–water partition coefficient (Wildman–Crippen LogP) is 2.54. The average Bonchev–Trinajstić information content (AvgIpc) is 2.51. The van der Waals surface area contributed by atoms with E-state index in [9.17, 15) is 0 Å². The van der Waals surface area contributed by atoms with Crippen LogP contribution in [0.25, 0.3) is 0 Å². The lowest BCUT2D eigenvalue weighted by molar-refractivity contribution is 0.0332. The Morgan fingerprint density at radius 3 is 3.07 bits per heavy atom.